The molecule has 24 heavy (non-hydrogen) atoms. The summed E-state index contributed by atoms with van der Waals surface area (Å²) < 4.78 is 10.4. The molecule has 0 radical (unpaired) electrons. The Morgan fingerprint density at radius 2 is 1.71 bits per heavy atom. The molecular formula is C15H10Cl3NO5. The SMILES string of the molecule is O=C(OCCOc1c(Cl)cccc1Cl)c1ccc([N+](=O)[O-])cc1Cl. The molecule has 0 heterocycles. The Morgan fingerprint density at radius 3 is 2.29 bits per heavy atom. The van der Waals surface area contributed by atoms with Gasteiger partial charge in [0.05, 0.1) is 25.6 Å². The summed E-state index contributed by atoms with van der Waals surface area (Å²) >= 11 is 17.7. The molecule has 2 aromatic rings. The van der Waals surface area contributed by atoms with E-state index in [1.54, 1.807) is 18.2 Å². The molecule has 2 aromatic carbocycles. The fraction of sp³-hybridized carbons (Fsp3) is 0.133. The standard InChI is InChI=1S/C15H10Cl3NO5/c16-11-2-1-3-12(17)14(11)23-6-7-24-15(20)10-5-4-9(19(21)22)8-13(10)18/h1-5,8H,6-7H2. The molecule has 9 heteroatoms. The molecule has 0 saturated heterocycles. The van der Waals surface area contributed by atoms with Crippen molar-refractivity contribution in [3.8, 4) is 5.75 Å². The van der Waals surface area contributed by atoms with Crippen molar-refractivity contribution in [1.29, 1.82) is 0 Å². The van der Waals surface area contributed by atoms with Crippen molar-refractivity contribution in [1.82, 2.24) is 0 Å². The van der Waals surface area contributed by atoms with Gasteiger partial charge in [-0.3, -0.25) is 10.1 Å². The van der Waals surface area contributed by atoms with Crippen LogP contribution in [0.5, 0.6) is 5.75 Å². The minimum Gasteiger partial charge on any atom is -0.487 e. The zero-order valence-electron chi connectivity index (χ0n) is 12.0. The summed E-state index contributed by atoms with van der Waals surface area (Å²) in [6.45, 7) is -0.0481. The predicted molar refractivity (Wildman–Crippen MR) is 90.3 cm³/mol. The number of para-hydroxylation sites is 1. The van der Waals surface area contributed by atoms with Gasteiger partial charge in [-0.2, -0.15) is 0 Å². The molecule has 126 valence electrons. The number of benzene rings is 2. The zero-order valence-corrected chi connectivity index (χ0v) is 14.3. The fourth-order valence-corrected chi connectivity index (χ4v) is 2.52. The highest BCUT2D eigenvalue weighted by molar-refractivity contribution is 6.37. The van der Waals surface area contributed by atoms with Crippen molar-refractivity contribution in [2.75, 3.05) is 13.2 Å². The lowest BCUT2D eigenvalue weighted by Crippen LogP contribution is -2.13. The molecule has 0 aromatic heterocycles. The maximum Gasteiger partial charge on any atom is 0.339 e. The largest absolute Gasteiger partial charge is 0.487 e. The maximum atomic E-state index is 11.9. The topological polar surface area (TPSA) is 78.7 Å². The fourth-order valence-electron chi connectivity index (χ4n) is 1.76. The summed E-state index contributed by atoms with van der Waals surface area (Å²) in [5, 5.41) is 11.2. The van der Waals surface area contributed by atoms with Crippen LogP contribution in [-0.2, 0) is 4.74 Å². The number of esters is 1. The van der Waals surface area contributed by atoms with Crippen molar-refractivity contribution in [2.24, 2.45) is 0 Å². The van der Waals surface area contributed by atoms with Crippen LogP contribution in [0.2, 0.25) is 15.1 Å². The van der Waals surface area contributed by atoms with Gasteiger partial charge in [0.2, 0.25) is 0 Å². The Bertz CT molecular complexity index is 761. The van der Waals surface area contributed by atoms with E-state index in [9.17, 15) is 14.9 Å². The highest BCUT2D eigenvalue weighted by Gasteiger charge is 2.16. The molecule has 2 rings (SSSR count). The molecule has 0 unspecified atom stereocenters. The van der Waals surface area contributed by atoms with Gasteiger partial charge in [-0.1, -0.05) is 40.9 Å². The molecule has 0 amide bonds. The van der Waals surface area contributed by atoms with Crippen LogP contribution in [0.4, 0.5) is 5.69 Å². The average molecular weight is 391 g/mol. The number of non-ortho nitro benzene ring substituents is 1. The Hall–Kier alpha value is -2.02. The third kappa shape index (κ3) is 4.50. The van der Waals surface area contributed by atoms with E-state index in [0.717, 1.165) is 6.07 Å². The molecule has 0 spiro atoms. The second-order valence-corrected chi connectivity index (χ2v) is 5.68. The number of ether oxygens (including phenoxy) is 2. The van der Waals surface area contributed by atoms with Crippen LogP contribution in [0.15, 0.2) is 36.4 Å². The Balaban J connectivity index is 1.91. The van der Waals surface area contributed by atoms with Crippen molar-refractivity contribution in [2.45, 2.75) is 0 Å². The predicted octanol–water partition coefficient (Wildman–Crippen LogP) is 4.79. The van der Waals surface area contributed by atoms with Gasteiger partial charge in [0, 0.05) is 12.1 Å². The molecular weight excluding hydrogens is 381 g/mol. The Labute approximate surface area is 152 Å². The Morgan fingerprint density at radius 1 is 1.04 bits per heavy atom. The number of nitro groups is 1. The maximum absolute atomic E-state index is 11.9. The molecule has 6 nitrogen and oxygen atoms in total. The second-order valence-electron chi connectivity index (χ2n) is 4.46. The lowest BCUT2D eigenvalue weighted by Gasteiger charge is -2.10. The van der Waals surface area contributed by atoms with Gasteiger partial charge in [0.1, 0.15) is 13.2 Å². The molecule has 0 aliphatic carbocycles. The lowest BCUT2D eigenvalue weighted by molar-refractivity contribution is -0.384. The molecule has 0 atom stereocenters. The van der Waals surface area contributed by atoms with Crippen LogP contribution >= 0.6 is 34.8 Å². The summed E-state index contributed by atoms with van der Waals surface area (Å²) in [4.78, 5) is 21.9. The van der Waals surface area contributed by atoms with Gasteiger partial charge in [0.25, 0.3) is 5.69 Å². The smallest absolute Gasteiger partial charge is 0.339 e. The first kappa shape index (κ1) is 18.3. The van der Waals surface area contributed by atoms with E-state index in [4.69, 9.17) is 44.3 Å². The van der Waals surface area contributed by atoms with E-state index < -0.39 is 10.9 Å². The first-order chi connectivity index (χ1) is 11.4. The van der Waals surface area contributed by atoms with Gasteiger partial charge in [-0.05, 0) is 18.2 Å². The van der Waals surface area contributed by atoms with Gasteiger partial charge in [-0.25, -0.2) is 4.79 Å². The molecule has 0 fully saturated rings. The van der Waals surface area contributed by atoms with Gasteiger partial charge >= 0.3 is 5.97 Å². The molecule has 0 aliphatic heterocycles. The number of nitro benzene ring substituents is 1. The van der Waals surface area contributed by atoms with Crippen LogP contribution in [0.1, 0.15) is 10.4 Å². The van der Waals surface area contributed by atoms with E-state index in [1.165, 1.54) is 12.1 Å². The van der Waals surface area contributed by atoms with E-state index in [0.29, 0.717) is 15.8 Å². The lowest BCUT2D eigenvalue weighted by atomic mass is 10.2. The minimum atomic E-state index is -0.719. The van der Waals surface area contributed by atoms with Gasteiger partial charge in [0.15, 0.2) is 5.75 Å². The van der Waals surface area contributed by atoms with Crippen LogP contribution in [0, 0.1) is 10.1 Å². The summed E-state index contributed by atoms with van der Waals surface area (Å²) in [5.41, 5.74) is -0.189. The highest BCUT2D eigenvalue weighted by Crippen LogP contribution is 2.32. The normalized spacial score (nSPS) is 10.3. The number of hydrogen-bond donors (Lipinski definition) is 0. The highest BCUT2D eigenvalue weighted by atomic mass is 35.5. The summed E-state index contributed by atoms with van der Waals surface area (Å²) in [7, 11) is 0. The summed E-state index contributed by atoms with van der Waals surface area (Å²) in [6, 6.07) is 8.39. The summed E-state index contributed by atoms with van der Waals surface area (Å²) in [6.07, 6.45) is 0. The number of carbonyl (C=O) groups is 1. The van der Waals surface area contributed by atoms with E-state index in [-0.39, 0.29) is 29.5 Å². The first-order valence-corrected chi connectivity index (χ1v) is 7.71. The molecule has 0 aliphatic rings. The van der Waals surface area contributed by atoms with Crippen LogP contribution in [0.25, 0.3) is 0 Å². The molecule has 0 bridgehead atoms. The Kier molecular flexibility index (Phi) is 6.25. The number of carbonyl (C=O) groups excluding carboxylic acids is 1. The van der Waals surface area contributed by atoms with E-state index >= 15 is 0 Å². The van der Waals surface area contributed by atoms with Crippen LogP contribution < -0.4 is 4.74 Å². The van der Waals surface area contributed by atoms with Crippen LogP contribution in [-0.4, -0.2) is 24.1 Å². The van der Waals surface area contributed by atoms with E-state index in [2.05, 4.69) is 0 Å². The van der Waals surface area contributed by atoms with Crippen molar-refractivity contribution in [3.63, 3.8) is 0 Å². The average Bonchev–Trinajstić information content (AvgIpc) is 2.53. The van der Waals surface area contributed by atoms with Crippen LogP contribution in [0.3, 0.4) is 0 Å². The monoisotopic (exact) mass is 389 g/mol. The second kappa shape index (κ2) is 8.19. The summed E-state index contributed by atoms with van der Waals surface area (Å²) in [5.74, 6) is -0.422. The minimum absolute atomic E-state index is 0.0260. The quantitative estimate of drug-likeness (QED) is 0.307. The number of hydrogen-bond acceptors (Lipinski definition) is 5. The third-order valence-electron chi connectivity index (χ3n) is 2.87. The van der Waals surface area contributed by atoms with Gasteiger partial charge < -0.3 is 9.47 Å². The first-order valence-electron chi connectivity index (χ1n) is 6.58. The van der Waals surface area contributed by atoms with Crippen molar-refractivity contribution >= 4 is 46.5 Å². The van der Waals surface area contributed by atoms with Crippen molar-refractivity contribution in [3.05, 3.63) is 67.1 Å². The third-order valence-corrected chi connectivity index (χ3v) is 3.77. The number of halogens is 3. The number of nitrogens with zero attached hydrogens (tertiary/aromatic N) is 1. The number of rotatable bonds is 6. The zero-order chi connectivity index (χ0) is 17.7. The molecule has 0 saturated carbocycles. The molecule has 0 N–H and O–H groups in total. The van der Waals surface area contributed by atoms with Gasteiger partial charge in [-0.15, -0.1) is 0 Å². The van der Waals surface area contributed by atoms with E-state index in [1.807, 2.05) is 0 Å². The van der Waals surface area contributed by atoms with Crippen molar-refractivity contribution < 1.29 is 19.2 Å².